The zero-order valence-electron chi connectivity index (χ0n) is 22.5. The Kier molecular flexibility index (Phi) is 11.2. The van der Waals surface area contributed by atoms with Crippen LogP contribution in [0.4, 0.5) is 18.9 Å². The van der Waals surface area contributed by atoms with Crippen LogP contribution in [0.25, 0.3) is 0 Å². The van der Waals surface area contributed by atoms with Crippen LogP contribution >= 0.6 is 34.8 Å². The van der Waals surface area contributed by atoms with Gasteiger partial charge in [-0.15, -0.1) is 0 Å². The normalized spacial score (nSPS) is 12.5. The van der Waals surface area contributed by atoms with Crippen LogP contribution in [-0.2, 0) is 32.3 Å². The summed E-state index contributed by atoms with van der Waals surface area (Å²) in [6.07, 6.45) is -4.21. The molecule has 14 heteroatoms. The summed E-state index contributed by atoms with van der Waals surface area (Å²) in [7, 11) is -4.62. The SMILES string of the molecule is CCCNC(=O)C(C)N(Cc1ccc(Cl)cc1Cl)C(=O)CN(c1cc(C(F)(F)F)ccc1Cl)S(=O)(=O)c1ccccc1. The van der Waals surface area contributed by atoms with Crippen molar-refractivity contribution in [1.29, 1.82) is 0 Å². The second kappa shape index (κ2) is 14.0. The molecule has 0 aliphatic heterocycles. The molecule has 42 heavy (non-hydrogen) atoms. The van der Waals surface area contributed by atoms with Gasteiger partial charge in [0.2, 0.25) is 11.8 Å². The van der Waals surface area contributed by atoms with E-state index in [0.717, 1.165) is 11.0 Å². The molecule has 7 nitrogen and oxygen atoms in total. The Bertz CT molecular complexity index is 1540. The van der Waals surface area contributed by atoms with Gasteiger partial charge in [-0.1, -0.05) is 66.0 Å². The molecule has 2 amide bonds. The van der Waals surface area contributed by atoms with Gasteiger partial charge in [0, 0.05) is 23.1 Å². The van der Waals surface area contributed by atoms with Gasteiger partial charge in [-0.05, 0) is 61.4 Å². The standard InChI is InChI=1S/C28H27Cl3F3N3O4S/c1-3-13-35-27(39)18(2)36(16-19-9-11-21(29)15-24(19)31)26(38)17-37(42(40,41)22-7-5-4-6-8-22)25-14-20(28(32,33)34)10-12-23(25)30/h4-12,14-15,18H,3,13,16-17H2,1-2H3,(H,35,39). The van der Waals surface area contributed by atoms with Gasteiger partial charge in [-0.2, -0.15) is 13.2 Å². The predicted octanol–water partition coefficient (Wildman–Crippen LogP) is 6.80. The van der Waals surface area contributed by atoms with Crippen molar-refractivity contribution < 1.29 is 31.2 Å². The van der Waals surface area contributed by atoms with Crippen molar-refractivity contribution in [2.45, 2.75) is 43.9 Å². The molecule has 3 aromatic carbocycles. The number of nitrogens with one attached hydrogen (secondary N) is 1. The number of halogens is 6. The average molecular weight is 665 g/mol. The Labute approximate surface area is 257 Å². The van der Waals surface area contributed by atoms with Gasteiger partial charge in [0.15, 0.2) is 0 Å². The van der Waals surface area contributed by atoms with Crippen molar-refractivity contribution in [1.82, 2.24) is 10.2 Å². The third-order valence-electron chi connectivity index (χ3n) is 6.22. The number of sulfonamides is 1. The van der Waals surface area contributed by atoms with Gasteiger partial charge in [0.25, 0.3) is 10.0 Å². The number of nitrogens with zero attached hydrogens (tertiary/aromatic N) is 2. The summed E-state index contributed by atoms with van der Waals surface area (Å²) in [5.74, 6) is -1.42. The smallest absolute Gasteiger partial charge is 0.354 e. The van der Waals surface area contributed by atoms with Crippen LogP contribution in [-0.4, -0.2) is 44.3 Å². The lowest BCUT2D eigenvalue weighted by Gasteiger charge is -2.32. The van der Waals surface area contributed by atoms with Crippen molar-refractivity contribution in [3.05, 3.63) is 92.9 Å². The zero-order valence-corrected chi connectivity index (χ0v) is 25.5. The monoisotopic (exact) mass is 663 g/mol. The Hall–Kier alpha value is -2.99. The van der Waals surface area contributed by atoms with E-state index in [4.69, 9.17) is 34.8 Å². The van der Waals surface area contributed by atoms with Crippen LogP contribution in [0.2, 0.25) is 15.1 Å². The second-order valence-electron chi connectivity index (χ2n) is 9.21. The summed E-state index contributed by atoms with van der Waals surface area (Å²) in [5, 5.41) is 2.87. The molecule has 0 spiro atoms. The number of alkyl halides is 3. The van der Waals surface area contributed by atoms with Crippen LogP contribution in [0.15, 0.2) is 71.6 Å². The Morgan fingerprint density at radius 1 is 0.952 bits per heavy atom. The minimum absolute atomic E-state index is 0.191. The van der Waals surface area contributed by atoms with Crippen molar-refractivity contribution in [2.24, 2.45) is 0 Å². The van der Waals surface area contributed by atoms with Gasteiger partial charge >= 0.3 is 6.18 Å². The molecule has 0 saturated heterocycles. The van der Waals surface area contributed by atoms with E-state index in [-0.39, 0.29) is 21.5 Å². The number of benzene rings is 3. The number of amides is 2. The molecule has 3 rings (SSSR count). The highest BCUT2D eigenvalue weighted by atomic mass is 35.5. The summed E-state index contributed by atoms with van der Waals surface area (Å²) in [6.45, 7) is 2.40. The number of carbonyl (C=O) groups is 2. The number of hydrogen-bond donors (Lipinski definition) is 1. The quantitative estimate of drug-likeness (QED) is 0.244. The molecule has 1 unspecified atom stereocenters. The first kappa shape index (κ1) is 33.5. The highest BCUT2D eigenvalue weighted by Crippen LogP contribution is 2.37. The molecular formula is C28H27Cl3F3N3O4S. The summed E-state index contributed by atoms with van der Waals surface area (Å²) < 4.78 is 69.0. The van der Waals surface area contributed by atoms with E-state index in [0.29, 0.717) is 40.0 Å². The van der Waals surface area contributed by atoms with E-state index in [9.17, 15) is 31.2 Å². The van der Waals surface area contributed by atoms with Crippen molar-refractivity contribution in [3.63, 3.8) is 0 Å². The molecule has 0 saturated carbocycles. The fraction of sp³-hybridized carbons (Fsp3) is 0.286. The highest BCUT2D eigenvalue weighted by Gasteiger charge is 2.36. The van der Waals surface area contributed by atoms with E-state index in [1.807, 2.05) is 6.92 Å². The molecule has 0 aliphatic carbocycles. The third kappa shape index (κ3) is 8.09. The molecule has 0 bridgehead atoms. The van der Waals surface area contributed by atoms with Crippen LogP contribution < -0.4 is 9.62 Å². The maximum Gasteiger partial charge on any atom is 0.416 e. The van der Waals surface area contributed by atoms with Gasteiger partial charge in [0.1, 0.15) is 12.6 Å². The molecule has 1 N–H and O–H groups in total. The zero-order chi connectivity index (χ0) is 31.2. The van der Waals surface area contributed by atoms with Crippen LogP contribution in [0.1, 0.15) is 31.4 Å². The number of anilines is 1. The molecule has 0 radical (unpaired) electrons. The lowest BCUT2D eigenvalue weighted by molar-refractivity contribution is -0.139. The molecule has 3 aromatic rings. The highest BCUT2D eigenvalue weighted by molar-refractivity contribution is 7.92. The maximum atomic E-state index is 13.9. The lowest BCUT2D eigenvalue weighted by atomic mass is 10.1. The van der Waals surface area contributed by atoms with Crippen LogP contribution in [0.5, 0.6) is 0 Å². The lowest BCUT2D eigenvalue weighted by Crippen LogP contribution is -2.51. The van der Waals surface area contributed by atoms with Crippen molar-refractivity contribution in [3.8, 4) is 0 Å². The fourth-order valence-electron chi connectivity index (χ4n) is 3.93. The predicted molar refractivity (Wildman–Crippen MR) is 157 cm³/mol. The minimum Gasteiger partial charge on any atom is -0.354 e. The molecule has 0 aliphatic rings. The molecule has 0 heterocycles. The topological polar surface area (TPSA) is 86.8 Å². The average Bonchev–Trinajstić information content (AvgIpc) is 2.94. The molecule has 0 fully saturated rings. The number of hydrogen-bond acceptors (Lipinski definition) is 4. The van der Waals surface area contributed by atoms with E-state index in [1.54, 1.807) is 12.1 Å². The Morgan fingerprint density at radius 3 is 2.21 bits per heavy atom. The molecule has 0 aromatic heterocycles. The number of carbonyl (C=O) groups excluding carboxylic acids is 2. The van der Waals surface area contributed by atoms with Crippen LogP contribution in [0.3, 0.4) is 0 Å². The van der Waals surface area contributed by atoms with E-state index in [1.165, 1.54) is 43.3 Å². The van der Waals surface area contributed by atoms with Crippen molar-refractivity contribution >= 4 is 62.3 Å². The Morgan fingerprint density at radius 2 is 1.62 bits per heavy atom. The van der Waals surface area contributed by atoms with E-state index < -0.39 is 51.9 Å². The van der Waals surface area contributed by atoms with E-state index >= 15 is 0 Å². The first-order valence-electron chi connectivity index (χ1n) is 12.6. The summed E-state index contributed by atoms with van der Waals surface area (Å²) in [5.41, 5.74) is -1.32. The summed E-state index contributed by atoms with van der Waals surface area (Å²) >= 11 is 18.6. The third-order valence-corrected chi connectivity index (χ3v) is 8.91. The van der Waals surface area contributed by atoms with Gasteiger partial charge in [-0.25, -0.2) is 8.42 Å². The minimum atomic E-state index is -4.82. The largest absolute Gasteiger partial charge is 0.416 e. The van der Waals surface area contributed by atoms with Crippen LogP contribution in [0, 0.1) is 0 Å². The van der Waals surface area contributed by atoms with Crippen molar-refractivity contribution in [2.75, 3.05) is 17.4 Å². The molecule has 226 valence electrons. The number of rotatable bonds is 11. The first-order valence-corrected chi connectivity index (χ1v) is 15.2. The fourth-order valence-corrected chi connectivity index (χ4v) is 6.11. The second-order valence-corrected chi connectivity index (χ2v) is 12.3. The van der Waals surface area contributed by atoms with Gasteiger partial charge in [0.05, 0.1) is 21.2 Å². The summed E-state index contributed by atoms with van der Waals surface area (Å²) in [4.78, 5) is 27.6. The maximum absolute atomic E-state index is 13.9. The first-order chi connectivity index (χ1) is 19.7. The summed E-state index contributed by atoms with van der Waals surface area (Å²) in [6, 6.07) is 12.5. The molecule has 1 atom stereocenters. The molecular weight excluding hydrogens is 638 g/mol. The van der Waals surface area contributed by atoms with Gasteiger partial charge in [-0.3, -0.25) is 13.9 Å². The van der Waals surface area contributed by atoms with Gasteiger partial charge < -0.3 is 10.2 Å². The Balaban J connectivity index is 2.13. The van der Waals surface area contributed by atoms with E-state index in [2.05, 4.69) is 5.32 Å².